The van der Waals surface area contributed by atoms with E-state index in [-0.39, 0.29) is 12.8 Å². The van der Waals surface area contributed by atoms with Gasteiger partial charge in [0, 0.05) is 12.8 Å². The fraction of sp³-hybridized carbons (Fsp3) is 0.462. The molecule has 0 radical (unpaired) electrons. The highest BCUT2D eigenvalue weighted by atomic mass is 19.3. The molecule has 98 valence electrons. The Morgan fingerprint density at radius 2 is 2.06 bits per heavy atom. The maximum Gasteiger partial charge on any atom is 0.339 e. The van der Waals surface area contributed by atoms with Crippen LogP contribution in [0.3, 0.4) is 0 Å². The molecule has 1 fully saturated rings. The van der Waals surface area contributed by atoms with Crippen molar-refractivity contribution in [1.29, 1.82) is 0 Å². The van der Waals surface area contributed by atoms with Crippen molar-refractivity contribution < 1.29 is 23.4 Å². The number of aliphatic hydroxyl groups is 1. The standard InChI is InChI=1S/C13H14F2O3/c14-13(15)7-6-10(8-13)18-12(17)11(16)9-4-2-1-3-5-9/h1-5,10-11,16H,6-8H2/t10-,11?/m1/s1. The Bertz CT molecular complexity index is 420. The molecule has 1 aliphatic carbocycles. The molecule has 1 saturated carbocycles. The van der Waals surface area contributed by atoms with Gasteiger partial charge in [-0.3, -0.25) is 0 Å². The first-order valence-corrected chi connectivity index (χ1v) is 5.79. The Kier molecular flexibility index (Phi) is 3.61. The van der Waals surface area contributed by atoms with E-state index in [0.29, 0.717) is 5.56 Å². The first-order valence-electron chi connectivity index (χ1n) is 5.79. The van der Waals surface area contributed by atoms with Crippen LogP contribution >= 0.6 is 0 Å². The third-order valence-corrected chi connectivity index (χ3v) is 2.98. The summed E-state index contributed by atoms with van der Waals surface area (Å²) in [5.74, 6) is -3.63. The van der Waals surface area contributed by atoms with Crippen molar-refractivity contribution in [1.82, 2.24) is 0 Å². The van der Waals surface area contributed by atoms with Gasteiger partial charge < -0.3 is 9.84 Å². The molecule has 0 heterocycles. The SMILES string of the molecule is O=C(O[C@@H]1CCC(F)(F)C1)C(O)c1ccccc1. The van der Waals surface area contributed by atoms with Crippen molar-refractivity contribution in [3.05, 3.63) is 35.9 Å². The minimum absolute atomic E-state index is 0.139. The highest BCUT2D eigenvalue weighted by Gasteiger charge is 2.41. The number of carbonyl (C=O) groups is 1. The lowest BCUT2D eigenvalue weighted by molar-refractivity contribution is -0.160. The number of benzene rings is 1. The van der Waals surface area contributed by atoms with Crippen LogP contribution in [-0.2, 0) is 9.53 Å². The van der Waals surface area contributed by atoms with Crippen LogP contribution in [0.15, 0.2) is 30.3 Å². The lowest BCUT2D eigenvalue weighted by Crippen LogP contribution is -2.22. The van der Waals surface area contributed by atoms with Crippen molar-refractivity contribution in [2.45, 2.75) is 37.4 Å². The number of ether oxygens (including phenoxy) is 1. The van der Waals surface area contributed by atoms with Crippen molar-refractivity contribution in [2.75, 3.05) is 0 Å². The van der Waals surface area contributed by atoms with E-state index in [2.05, 4.69) is 0 Å². The molecule has 0 amide bonds. The van der Waals surface area contributed by atoms with E-state index in [4.69, 9.17) is 4.74 Å². The minimum Gasteiger partial charge on any atom is -0.460 e. The second-order valence-electron chi connectivity index (χ2n) is 4.47. The average molecular weight is 256 g/mol. The van der Waals surface area contributed by atoms with Gasteiger partial charge in [0.15, 0.2) is 6.10 Å². The van der Waals surface area contributed by atoms with Gasteiger partial charge in [-0.2, -0.15) is 0 Å². The fourth-order valence-electron chi connectivity index (χ4n) is 2.01. The molecule has 1 aliphatic rings. The summed E-state index contributed by atoms with van der Waals surface area (Å²) >= 11 is 0. The van der Waals surface area contributed by atoms with Gasteiger partial charge in [-0.25, -0.2) is 13.6 Å². The smallest absolute Gasteiger partial charge is 0.339 e. The topological polar surface area (TPSA) is 46.5 Å². The number of esters is 1. The van der Waals surface area contributed by atoms with E-state index in [1.165, 1.54) is 0 Å². The minimum atomic E-state index is -2.76. The summed E-state index contributed by atoms with van der Waals surface area (Å²) in [5, 5.41) is 9.72. The zero-order valence-electron chi connectivity index (χ0n) is 9.68. The number of hydrogen-bond donors (Lipinski definition) is 1. The lowest BCUT2D eigenvalue weighted by atomic mass is 10.1. The van der Waals surface area contributed by atoms with E-state index in [0.717, 1.165) is 0 Å². The second-order valence-corrected chi connectivity index (χ2v) is 4.47. The molecular weight excluding hydrogens is 242 g/mol. The maximum atomic E-state index is 12.9. The quantitative estimate of drug-likeness (QED) is 0.845. The average Bonchev–Trinajstić information content (AvgIpc) is 2.68. The highest BCUT2D eigenvalue weighted by Crippen LogP contribution is 2.36. The molecule has 1 N–H and O–H groups in total. The Morgan fingerprint density at radius 3 is 2.61 bits per heavy atom. The third-order valence-electron chi connectivity index (χ3n) is 2.98. The molecule has 1 aromatic rings. The molecule has 0 aliphatic heterocycles. The molecule has 5 heteroatoms. The van der Waals surface area contributed by atoms with Crippen LogP contribution in [0.5, 0.6) is 0 Å². The zero-order valence-corrected chi connectivity index (χ0v) is 9.68. The van der Waals surface area contributed by atoms with Gasteiger partial charge in [0.05, 0.1) is 0 Å². The second kappa shape index (κ2) is 5.02. The van der Waals surface area contributed by atoms with Crippen molar-refractivity contribution in [3.63, 3.8) is 0 Å². The first-order chi connectivity index (χ1) is 8.48. The largest absolute Gasteiger partial charge is 0.460 e. The van der Waals surface area contributed by atoms with E-state index in [1.807, 2.05) is 0 Å². The van der Waals surface area contributed by atoms with Gasteiger partial charge in [0.1, 0.15) is 6.10 Å². The van der Waals surface area contributed by atoms with Gasteiger partial charge in [0.2, 0.25) is 0 Å². The van der Waals surface area contributed by atoms with Gasteiger partial charge in [-0.1, -0.05) is 30.3 Å². The molecule has 3 nitrogen and oxygen atoms in total. The summed E-state index contributed by atoms with van der Waals surface area (Å²) in [4.78, 5) is 11.6. The maximum absolute atomic E-state index is 12.9. The molecule has 2 atom stereocenters. The van der Waals surface area contributed by atoms with Gasteiger partial charge in [-0.05, 0) is 12.0 Å². The molecule has 0 bridgehead atoms. The van der Waals surface area contributed by atoms with Gasteiger partial charge in [0.25, 0.3) is 5.92 Å². The number of carbonyl (C=O) groups excluding carboxylic acids is 1. The van der Waals surface area contributed by atoms with Gasteiger partial charge >= 0.3 is 5.97 Å². The Morgan fingerprint density at radius 1 is 1.39 bits per heavy atom. The Hall–Kier alpha value is -1.49. The summed E-state index contributed by atoms with van der Waals surface area (Å²) in [5.41, 5.74) is 0.396. The van der Waals surface area contributed by atoms with Crippen LogP contribution in [0.1, 0.15) is 30.9 Å². The van der Waals surface area contributed by atoms with E-state index >= 15 is 0 Å². The number of aliphatic hydroxyl groups excluding tert-OH is 1. The van der Waals surface area contributed by atoms with Crippen molar-refractivity contribution in [3.8, 4) is 0 Å². The molecule has 2 rings (SSSR count). The molecule has 0 spiro atoms. The molecule has 0 saturated heterocycles. The van der Waals surface area contributed by atoms with E-state index in [9.17, 15) is 18.7 Å². The van der Waals surface area contributed by atoms with Crippen LogP contribution in [0.2, 0.25) is 0 Å². The number of hydrogen-bond acceptors (Lipinski definition) is 3. The Labute approximate surface area is 103 Å². The van der Waals surface area contributed by atoms with Crippen molar-refractivity contribution >= 4 is 5.97 Å². The summed E-state index contributed by atoms with van der Waals surface area (Å²) in [6, 6.07) is 8.26. The summed E-state index contributed by atoms with van der Waals surface area (Å²) in [7, 11) is 0. The zero-order chi connectivity index (χ0) is 13.2. The molecule has 1 aromatic carbocycles. The molecule has 0 aromatic heterocycles. The van der Waals surface area contributed by atoms with Gasteiger partial charge in [-0.15, -0.1) is 0 Å². The summed E-state index contributed by atoms with van der Waals surface area (Å²) in [6.07, 6.45) is -2.81. The fourth-order valence-corrected chi connectivity index (χ4v) is 2.01. The third kappa shape index (κ3) is 3.04. The normalized spacial score (nSPS) is 23.6. The van der Waals surface area contributed by atoms with Crippen LogP contribution in [-0.4, -0.2) is 23.1 Å². The van der Waals surface area contributed by atoms with Crippen LogP contribution < -0.4 is 0 Å². The first kappa shape index (κ1) is 13.0. The number of rotatable bonds is 3. The number of halogens is 2. The van der Waals surface area contributed by atoms with Crippen molar-refractivity contribution in [2.24, 2.45) is 0 Å². The van der Waals surface area contributed by atoms with Crippen LogP contribution in [0.25, 0.3) is 0 Å². The van der Waals surface area contributed by atoms with Crippen LogP contribution in [0.4, 0.5) is 8.78 Å². The predicted octanol–water partition coefficient (Wildman–Crippen LogP) is 2.45. The monoisotopic (exact) mass is 256 g/mol. The molecular formula is C13H14F2O3. The summed E-state index contributed by atoms with van der Waals surface area (Å²) in [6.45, 7) is 0. The van der Waals surface area contributed by atoms with E-state index < -0.39 is 30.5 Å². The molecule has 1 unspecified atom stereocenters. The van der Waals surface area contributed by atoms with Crippen LogP contribution in [0, 0.1) is 0 Å². The highest BCUT2D eigenvalue weighted by molar-refractivity contribution is 5.76. The molecule has 18 heavy (non-hydrogen) atoms. The Balaban J connectivity index is 1.93. The predicted molar refractivity (Wildman–Crippen MR) is 60.1 cm³/mol. The number of alkyl halides is 2. The summed E-state index contributed by atoms with van der Waals surface area (Å²) < 4.78 is 30.7. The van der Waals surface area contributed by atoms with E-state index in [1.54, 1.807) is 30.3 Å². The lowest BCUT2D eigenvalue weighted by Gasteiger charge is -2.15.